The van der Waals surface area contributed by atoms with E-state index in [9.17, 15) is 17.4 Å². The normalized spacial score (nSPS) is 20.0. The number of rotatable bonds is 3. The second kappa shape index (κ2) is 6.26. The van der Waals surface area contributed by atoms with Crippen LogP contribution in [0.15, 0.2) is 24.3 Å². The zero-order valence-electron chi connectivity index (χ0n) is 11.3. The number of benzene rings is 1. The molecule has 112 valence electrons. The SMILES string of the molecule is C[C@@H](CN1CCS(=O)CC1)c1ccc(C(F)(F)F)cc1. The van der Waals surface area contributed by atoms with Crippen LogP contribution in [0.5, 0.6) is 0 Å². The predicted octanol–water partition coefficient (Wildman–Crippen LogP) is 2.87. The fourth-order valence-electron chi connectivity index (χ4n) is 2.35. The van der Waals surface area contributed by atoms with Gasteiger partial charge in [-0.1, -0.05) is 19.1 Å². The lowest BCUT2D eigenvalue weighted by atomic mass is 9.99. The van der Waals surface area contributed by atoms with Gasteiger partial charge < -0.3 is 4.90 Å². The average Bonchev–Trinajstić information content (AvgIpc) is 2.40. The molecule has 0 spiro atoms. The van der Waals surface area contributed by atoms with Crippen LogP contribution in [-0.4, -0.2) is 40.2 Å². The Balaban J connectivity index is 1.95. The van der Waals surface area contributed by atoms with Crippen LogP contribution in [0.25, 0.3) is 0 Å². The van der Waals surface area contributed by atoms with Crippen LogP contribution in [-0.2, 0) is 17.0 Å². The van der Waals surface area contributed by atoms with Crippen molar-refractivity contribution < 1.29 is 17.4 Å². The quantitative estimate of drug-likeness (QED) is 0.856. The van der Waals surface area contributed by atoms with E-state index < -0.39 is 22.5 Å². The van der Waals surface area contributed by atoms with Gasteiger partial charge in [0, 0.05) is 41.9 Å². The van der Waals surface area contributed by atoms with E-state index in [0.29, 0.717) is 11.5 Å². The number of nitrogens with zero attached hydrogens (tertiary/aromatic N) is 1. The molecule has 1 aromatic carbocycles. The zero-order valence-corrected chi connectivity index (χ0v) is 12.1. The lowest BCUT2D eigenvalue weighted by molar-refractivity contribution is -0.137. The summed E-state index contributed by atoms with van der Waals surface area (Å²) in [6.07, 6.45) is -4.28. The third kappa shape index (κ3) is 4.06. The summed E-state index contributed by atoms with van der Waals surface area (Å²) in [4.78, 5) is 2.23. The smallest absolute Gasteiger partial charge is 0.301 e. The van der Waals surface area contributed by atoms with Crippen LogP contribution in [0.2, 0.25) is 0 Å². The van der Waals surface area contributed by atoms with Crippen LogP contribution >= 0.6 is 0 Å². The van der Waals surface area contributed by atoms with E-state index in [0.717, 1.165) is 37.3 Å². The standard InChI is InChI=1S/C14H18F3NOS/c1-11(10-18-6-8-20(19)9-7-18)12-2-4-13(5-3-12)14(15,16)17/h2-5,11H,6-10H2,1H3/t11-/m0/s1. The largest absolute Gasteiger partial charge is 0.416 e. The summed E-state index contributed by atoms with van der Waals surface area (Å²) in [6, 6.07) is 5.37. The van der Waals surface area contributed by atoms with Crippen molar-refractivity contribution in [3.05, 3.63) is 35.4 Å². The molecule has 0 aromatic heterocycles. The van der Waals surface area contributed by atoms with Crippen LogP contribution in [0, 0.1) is 0 Å². The van der Waals surface area contributed by atoms with E-state index in [1.165, 1.54) is 0 Å². The highest BCUT2D eigenvalue weighted by Crippen LogP contribution is 2.30. The van der Waals surface area contributed by atoms with Gasteiger partial charge in [0.05, 0.1) is 5.56 Å². The molecule has 0 N–H and O–H groups in total. The van der Waals surface area contributed by atoms with Crippen molar-refractivity contribution in [2.24, 2.45) is 0 Å². The van der Waals surface area contributed by atoms with Gasteiger partial charge in [-0.15, -0.1) is 0 Å². The highest BCUT2D eigenvalue weighted by atomic mass is 32.2. The third-order valence-electron chi connectivity index (χ3n) is 3.61. The maximum Gasteiger partial charge on any atom is 0.416 e. The molecule has 1 heterocycles. The van der Waals surface area contributed by atoms with Gasteiger partial charge in [-0.05, 0) is 23.6 Å². The van der Waals surface area contributed by atoms with Crippen molar-refractivity contribution in [2.75, 3.05) is 31.1 Å². The minimum Gasteiger partial charge on any atom is -0.301 e. The van der Waals surface area contributed by atoms with Crippen molar-refractivity contribution in [1.29, 1.82) is 0 Å². The Labute approximate surface area is 119 Å². The maximum absolute atomic E-state index is 12.5. The van der Waals surface area contributed by atoms with Gasteiger partial charge in [0.1, 0.15) is 0 Å². The van der Waals surface area contributed by atoms with Crippen LogP contribution < -0.4 is 0 Å². The lowest BCUT2D eigenvalue weighted by Gasteiger charge is -2.29. The van der Waals surface area contributed by atoms with Crippen molar-refractivity contribution >= 4 is 10.8 Å². The minimum atomic E-state index is -4.28. The Morgan fingerprint density at radius 1 is 1.20 bits per heavy atom. The number of alkyl halides is 3. The van der Waals surface area contributed by atoms with Crippen molar-refractivity contribution in [2.45, 2.75) is 19.0 Å². The Morgan fingerprint density at radius 2 is 1.75 bits per heavy atom. The molecule has 0 bridgehead atoms. The van der Waals surface area contributed by atoms with Gasteiger partial charge in [0.25, 0.3) is 0 Å². The molecule has 1 aromatic rings. The molecule has 0 amide bonds. The monoisotopic (exact) mass is 305 g/mol. The molecule has 1 saturated heterocycles. The van der Waals surface area contributed by atoms with Crippen LogP contribution in [0.3, 0.4) is 0 Å². The van der Waals surface area contributed by atoms with E-state index in [2.05, 4.69) is 4.90 Å². The molecular weight excluding hydrogens is 287 g/mol. The summed E-state index contributed by atoms with van der Waals surface area (Å²) in [6.45, 7) is 4.41. The predicted molar refractivity (Wildman–Crippen MR) is 74.2 cm³/mol. The summed E-state index contributed by atoms with van der Waals surface area (Å²) < 4.78 is 48.8. The summed E-state index contributed by atoms with van der Waals surface area (Å²) in [5.41, 5.74) is 0.298. The van der Waals surface area contributed by atoms with Gasteiger partial charge in [-0.3, -0.25) is 4.21 Å². The zero-order chi connectivity index (χ0) is 14.8. The van der Waals surface area contributed by atoms with Crippen LogP contribution in [0.1, 0.15) is 24.0 Å². The van der Waals surface area contributed by atoms with Gasteiger partial charge in [-0.2, -0.15) is 13.2 Å². The molecule has 1 fully saturated rings. The molecule has 2 rings (SSSR count). The summed E-state index contributed by atoms with van der Waals surface area (Å²) in [5.74, 6) is 1.56. The van der Waals surface area contributed by atoms with Gasteiger partial charge in [0.2, 0.25) is 0 Å². The first-order valence-electron chi connectivity index (χ1n) is 6.61. The number of halogens is 3. The summed E-state index contributed by atoms with van der Waals surface area (Å²) in [7, 11) is -0.700. The highest BCUT2D eigenvalue weighted by molar-refractivity contribution is 7.85. The number of hydrogen-bond acceptors (Lipinski definition) is 2. The van der Waals surface area contributed by atoms with E-state index >= 15 is 0 Å². The first-order valence-corrected chi connectivity index (χ1v) is 8.09. The topological polar surface area (TPSA) is 20.3 Å². The molecule has 1 aliphatic heterocycles. The first-order chi connectivity index (χ1) is 9.36. The van der Waals surface area contributed by atoms with E-state index in [1.807, 2.05) is 6.92 Å². The molecule has 0 unspecified atom stereocenters. The molecule has 1 aliphatic rings. The van der Waals surface area contributed by atoms with Crippen molar-refractivity contribution in [3.8, 4) is 0 Å². The fraction of sp³-hybridized carbons (Fsp3) is 0.571. The molecule has 1 atom stereocenters. The fourth-order valence-corrected chi connectivity index (χ4v) is 3.48. The van der Waals surface area contributed by atoms with Gasteiger partial charge in [-0.25, -0.2) is 0 Å². The lowest BCUT2D eigenvalue weighted by Crippen LogP contribution is -2.39. The summed E-state index contributed by atoms with van der Waals surface area (Å²) in [5, 5.41) is 0. The summed E-state index contributed by atoms with van der Waals surface area (Å²) >= 11 is 0. The molecule has 0 aliphatic carbocycles. The second-order valence-electron chi connectivity index (χ2n) is 5.17. The van der Waals surface area contributed by atoms with E-state index in [1.54, 1.807) is 12.1 Å². The Bertz CT molecular complexity index is 462. The number of hydrogen-bond donors (Lipinski definition) is 0. The Hall–Kier alpha value is -0.880. The molecule has 0 saturated carbocycles. The highest BCUT2D eigenvalue weighted by Gasteiger charge is 2.30. The minimum absolute atomic E-state index is 0.170. The second-order valence-corrected chi connectivity index (χ2v) is 6.87. The molecular formula is C14H18F3NOS. The average molecular weight is 305 g/mol. The Kier molecular flexibility index (Phi) is 4.86. The first kappa shape index (κ1) is 15.5. The third-order valence-corrected chi connectivity index (χ3v) is 4.89. The molecule has 0 radical (unpaired) electrons. The molecule has 20 heavy (non-hydrogen) atoms. The van der Waals surface area contributed by atoms with E-state index in [4.69, 9.17) is 0 Å². The van der Waals surface area contributed by atoms with Gasteiger partial charge in [0.15, 0.2) is 0 Å². The Morgan fingerprint density at radius 3 is 2.25 bits per heavy atom. The van der Waals surface area contributed by atoms with Gasteiger partial charge >= 0.3 is 6.18 Å². The maximum atomic E-state index is 12.5. The molecule has 6 heteroatoms. The molecule has 2 nitrogen and oxygen atoms in total. The van der Waals surface area contributed by atoms with Crippen molar-refractivity contribution in [1.82, 2.24) is 4.90 Å². The van der Waals surface area contributed by atoms with Crippen LogP contribution in [0.4, 0.5) is 13.2 Å². The van der Waals surface area contributed by atoms with E-state index in [-0.39, 0.29) is 5.92 Å². The van der Waals surface area contributed by atoms with Crippen molar-refractivity contribution in [3.63, 3.8) is 0 Å².